The highest BCUT2D eigenvalue weighted by Gasteiger charge is 2.23. The number of benzene rings is 2. The van der Waals surface area contributed by atoms with Gasteiger partial charge < -0.3 is 5.32 Å². The predicted octanol–water partition coefficient (Wildman–Crippen LogP) is 3.20. The lowest BCUT2D eigenvalue weighted by Gasteiger charge is -2.26. The summed E-state index contributed by atoms with van der Waals surface area (Å²) in [5, 5.41) is 2.88. The van der Waals surface area contributed by atoms with Crippen molar-refractivity contribution in [1.82, 2.24) is 5.32 Å². The molecule has 0 fully saturated rings. The second-order valence-corrected chi connectivity index (χ2v) is 8.80. The van der Waals surface area contributed by atoms with Crippen LogP contribution in [0.1, 0.15) is 28.4 Å². The largest absolute Gasteiger partial charge is 0.345 e. The van der Waals surface area contributed by atoms with E-state index in [1.165, 1.54) is 30.3 Å². The van der Waals surface area contributed by atoms with Crippen molar-refractivity contribution < 1.29 is 17.6 Å². The number of hydrogen-bond acceptors (Lipinski definition) is 4. The molecule has 1 amide bonds. The molecule has 7 heteroatoms. The molecule has 3 rings (SSSR count). The monoisotopic (exact) mass is 365 g/mol. The summed E-state index contributed by atoms with van der Waals surface area (Å²) in [5.41, 5.74) is 1.04. The van der Waals surface area contributed by atoms with E-state index in [1.54, 1.807) is 23.9 Å². The SMILES string of the molecule is CS(=O)(=O)c1cccc(C(=O)N[C@H]2CCSc3ccc(F)cc32)c1. The van der Waals surface area contributed by atoms with E-state index in [0.29, 0.717) is 6.42 Å². The molecule has 0 aromatic heterocycles. The molecule has 0 spiro atoms. The van der Waals surface area contributed by atoms with Crippen LogP contribution in [0.5, 0.6) is 0 Å². The van der Waals surface area contributed by atoms with Crippen LogP contribution in [-0.4, -0.2) is 26.3 Å². The fraction of sp³-hybridized carbons (Fsp3) is 0.235. The third kappa shape index (κ3) is 3.62. The number of amides is 1. The number of fused-ring (bicyclic) bond motifs is 1. The van der Waals surface area contributed by atoms with E-state index in [-0.39, 0.29) is 28.2 Å². The molecule has 1 N–H and O–H groups in total. The smallest absolute Gasteiger partial charge is 0.251 e. The second-order valence-electron chi connectivity index (χ2n) is 5.65. The van der Waals surface area contributed by atoms with E-state index in [4.69, 9.17) is 0 Å². The summed E-state index contributed by atoms with van der Waals surface area (Å²) < 4.78 is 36.8. The minimum Gasteiger partial charge on any atom is -0.345 e. The zero-order valence-electron chi connectivity index (χ0n) is 13.0. The quantitative estimate of drug-likeness (QED) is 0.907. The van der Waals surface area contributed by atoms with Crippen LogP contribution >= 0.6 is 11.8 Å². The summed E-state index contributed by atoms with van der Waals surface area (Å²) >= 11 is 1.63. The van der Waals surface area contributed by atoms with Crippen LogP contribution in [0.4, 0.5) is 4.39 Å². The van der Waals surface area contributed by atoms with E-state index in [0.717, 1.165) is 22.5 Å². The van der Waals surface area contributed by atoms with E-state index in [2.05, 4.69) is 5.32 Å². The molecular weight excluding hydrogens is 349 g/mol. The van der Waals surface area contributed by atoms with Gasteiger partial charge in [0.25, 0.3) is 5.91 Å². The van der Waals surface area contributed by atoms with Gasteiger partial charge in [-0.05, 0) is 48.4 Å². The molecule has 24 heavy (non-hydrogen) atoms. The van der Waals surface area contributed by atoms with Crippen molar-refractivity contribution in [2.75, 3.05) is 12.0 Å². The van der Waals surface area contributed by atoms with E-state index >= 15 is 0 Å². The number of carbonyl (C=O) groups is 1. The van der Waals surface area contributed by atoms with Crippen LogP contribution in [0.2, 0.25) is 0 Å². The first-order valence-corrected chi connectivity index (χ1v) is 10.3. The zero-order chi connectivity index (χ0) is 17.3. The maximum Gasteiger partial charge on any atom is 0.251 e. The van der Waals surface area contributed by atoms with Gasteiger partial charge in [0.1, 0.15) is 5.82 Å². The van der Waals surface area contributed by atoms with Crippen molar-refractivity contribution in [3.05, 3.63) is 59.4 Å². The summed E-state index contributed by atoms with van der Waals surface area (Å²) in [5.74, 6) is 0.120. The van der Waals surface area contributed by atoms with Crippen molar-refractivity contribution in [2.24, 2.45) is 0 Å². The molecule has 2 aromatic rings. The summed E-state index contributed by atoms with van der Waals surface area (Å²) in [6, 6.07) is 10.2. The van der Waals surface area contributed by atoms with Gasteiger partial charge in [-0.3, -0.25) is 4.79 Å². The molecule has 0 saturated heterocycles. The van der Waals surface area contributed by atoms with Crippen LogP contribution < -0.4 is 5.32 Å². The highest BCUT2D eigenvalue weighted by molar-refractivity contribution is 7.99. The van der Waals surface area contributed by atoms with Crippen LogP contribution in [-0.2, 0) is 9.84 Å². The fourth-order valence-corrected chi connectivity index (χ4v) is 4.40. The van der Waals surface area contributed by atoms with E-state index in [1.807, 2.05) is 0 Å². The number of carbonyl (C=O) groups excluding carboxylic acids is 1. The lowest BCUT2D eigenvalue weighted by atomic mass is 10.0. The normalized spacial score (nSPS) is 17.2. The van der Waals surface area contributed by atoms with Crippen molar-refractivity contribution in [1.29, 1.82) is 0 Å². The Bertz CT molecular complexity index is 896. The Morgan fingerprint density at radius 3 is 2.79 bits per heavy atom. The lowest BCUT2D eigenvalue weighted by molar-refractivity contribution is 0.0934. The molecule has 126 valence electrons. The molecule has 0 radical (unpaired) electrons. The predicted molar refractivity (Wildman–Crippen MR) is 91.5 cm³/mol. The first kappa shape index (κ1) is 17.0. The Balaban J connectivity index is 1.85. The molecule has 1 heterocycles. The highest BCUT2D eigenvalue weighted by atomic mass is 32.2. The Kier molecular flexibility index (Phi) is 4.64. The summed E-state index contributed by atoms with van der Waals surface area (Å²) in [4.78, 5) is 13.5. The molecule has 1 atom stereocenters. The van der Waals surface area contributed by atoms with Crippen LogP contribution in [0.15, 0.2) is 52.3 Å². The number of thioether (sulfide) groups is 1. The number of halogens is 1. The summed E-state index contributed by atoms with van der Waals surface area (Å²) in [6.45, 7) is 0. The van der Waals surface area contributed by atoms with Gasteiger partial charge in [0.05, 0.1) is 10.9 Å². The molecule has 1 aliphatic rings. The zero-order valence-corrected chi connectivity index (χ0v) is 14.6. The molecule has 0 aliphatic carbocycles. The number of rotatable bonds is 3. The van der Waals surface area contributed by atoms with Crippen LogP contribution in [0.3, 0.4) is 0 Å². The third-order valence-electron chi connectivity index (χ3n) is 3.84. The molecule has 0 saturated carbocycles. The molecule has 2 aromatic carbocycles. The third-order valence-corrected chi connectivity index (χ3v) is 6.07. The lowest BCUT2D eigenvalue weighted by Crippen LogP contribution is -2.30. The summed E-state index contributed by atoms with van der Waals surface area (Å²) in [6.07, 6.45) is 1.79. The average molecular weight is 365 g/mol. The van der Waals surface area contributed by atoms with Gasteiger partial charge >= 0.3 is 0 Å². The molecule has 4 nitrogen and oxygen atoms in total. The highest BCUT2D eigenvalue weighted by Crippen LogP contribution is 2.36. The topological polar surface area (TPSA) is 63.2 Å². The van der Waals surface area contributed by atoms with Crippen LogP contribution in [0, 0.1) is 5.82 Å². The van der Waals surface area contributed by atoms with Gasteiger partial charge in [0, 0.05) is 22.5 Å². The van der Waals surface area contributed by atoms with Gasteiger partial charge in [-0.25, -0.2) is 12.8 Å². The van der Waals surface area contributed by atoms with Gasteiger partial charge in [-0.15, -0.1) is 11.8 Å². The fourth-order valence-electron chi connectivity index (χ4n) is 2.62. The van der Waals surface area contributed by atoms with Gasteiger partial charge in [0.2, 0.25) is 0 Å². The Morgan fingerprint density at radius 2 is 2.04 bits per heavy atom. The van der Waals surface area contributed by atoms with Crippen molar-refractivity contribution in [3.63, 3.8) is 0 Å². The van der Waals surface area contributed by atoms with Gasteiger partial charge in [0.15, 0.2) is 9.84 Å². The minimum absolute atomic E-state index is 0.0980. The van der Waals surface area contributed by atoms with Gasteiger partial charge in [-0.2, -0.15) is 0 Å². The standard InChI is InChI=1S/C17H16FNO3S2/c1-24(21,22)13-4-2-3-11(9-13)17(20)19-15-7-8-23-16-6-5-12(18)10-14(15)16/h2-6,9-10,15H,7-8H2,1H3,(H,19,20)/t15-/m0/s1. The van der Waals surface area contributed by atoms with Gasteiger partial charge in [-0.1, -0.05) is 6.07 Å². The number of sulfone groups is 1. The number of hydrogen-bond donors (Lipinski definition) is 1. The van der Waals surface area contributed by atoms with Crippen molar-refractivity contribution >= 4 is 27.5 Å². The van der Waals surface area contributed by atoms with E-state index < -0.39 is 9.84 Å². The van der Waals surface area contributed by atoms with Crippen molar-refractivity contribution in [2.45, 2.75) is 22.3 Å². The average Bonchev–Trinajstić information content (AvgIpc) is 2.55. The number of nitrogens with one attached hydrogen (secondary N) is 1. The minimum atomic E-state index is -3.38. The van der Waals surface area contributed by atoms with Crippen LogP contribution in [0.25, 0.3) is 0 Å². The molecular formula is C17H16FNO3S2. The van der Waals surface area contributed by atoms with E-state index in [9.17, 15) is 17.6 Å². The first-order chi connectivity index (χ1) is 11.3. The maximum atomic E-state index is 13.5. The van der Waals surface area contributed by atoms with Crippen molar-refractivity contribution in [3.8, 4) is 0 Å². The summed E-state index contributed by atoms with van der Waals surface area (Å²) in [7, 11) is -3.38. The second kappa shape index (κ2) is 6.57. The Hall–Kier alpha value is -1.86. The Labute approximate surface area is 144 Å². The maximum absolute atomic E-state index is 13.5. The first-order valence-electron chi connectivity index (χ1n) is 7.38. The molecule has 1 aliphatic heterocycles. The Morgan fingerprint density at radius 1 is 1.25 bits per heavy atom. The molecule has 0 bridgehead atoms. The molecule has 0 unspecified atom stereocenters.